The molecular weight excluding hydrogens is 308 g/mol. The maximum Gasteiger partial charge on any atom is 0.271 e. The number of nitrogens with one attached hydrogen (secondary N) is 2. The molecule has 0 saturated heterocycles. The number of nitrogens with two attached hydrogens (primary N) is 3. The fourth-order valence-electron chi connectivity index (χ4n) is 1.96. The van der Waals surface area contributed by atoms with E-state index in [1.165, 1.54) is 0 Å². The van der Waals surface area contributed by atoms with Crippen LogP contribution in [-0.4, -0.2) is 34.2 Å². The van der Waals surface area contributed by atoms with Crippen LogP contribution in [0.2, 0.25) is 0 Å². The van der Waals surface area contributed by atoms with Gasteiger partial charge in [0.2, 0.25) is 0 Å². The number of anilines is 3. The molecule has 0 fully saturated rings. The van der Waals surface area contributed by atoms with Crippen molar-refractivity contribution in [1.82, 2.24) is 15.2 Å². The molecule has 0 spiro atoms. The highest BCUT2D eigenvalue weighted by atomic mass is 16.1. The smallest absolute Gasteiger partial charge is 0.271 e. The van der Waals surface area contributed by atoms with Gasteiger partial charge in [-0.3, -0.25) is 4.79 Å². The standard InChI is InChI=1S/C15H22N8O/c1-15(2,18)10-4-3-5-11(21-10)20-9-8-12(19-7-6-16)22-23-13(9)14(17)24/h3-5,8H,6-7,16,18H2,1-2H3,(H2,17,24)(H2,19,20,21,22). The lowest BCUT2D eigenvalue weighted by Crippen LogP contribution is -2.30. The van der Waals surface area contributed by atoms with Gasteiger partial charge in [-0.15, -0.1) is 10.2 Å². The zero-order valence-electron chi connectivity index (χ0n) is 13.7. The highest BCUT2D eigenvalue weighted by molar-refractivity contribution is 5.97. The molecule has 2 heterocycles. The van der Waals surface area contributed by atoms with Crippen molar-refractivity contribution in [3.63, 3.8) is 0 Å². The van der Waals surface area contributed by atoms with Crippen LogP contribution >= 0.6 is 0 Å². The van der Waals surface area contributed by atoms with Crippen molar-refractivity contribution in [3.05, 3.63) is 35.7 Å². The highest BCUT2D eigenvalue weighted by Gasteiger charge is 2.17. The summed E-state index contributed by atoms with van der Waals surface area (Å²) in [5.74, 6) is 0.306. The summed E-state index contributed by atoms with van der Waals surface area (Å²) in [4.78, 5) is 16.0. The van der Waals surface area contributed by atoms with Gasteiger partial charge < -0.3 is 27.8 Å². The Kier molecular flexibility index (Phi) is 5.27. The average Bonchev–Trinajstić information content (AvgIpc) is 2.52. The molecule has 2 rings (SSSR count). The van der Waals surface area contributed by atoms with Gasteiger partial charge in [0, 0.05) is 19.2 Å². The molecule has 1 amide bonds. The molecule has 9 heteroatoms. The van der Waals surface area contributed by atoms with E-state index in [2.05, 4.69) is 25.8 Å². The first kappa shape index (κ1) is 17.6. The van der Waals surface area contributed by atoms with E-state index in [0.29, 0.717) is 36.1 Å². The van der Waals surface area contributed by atoms with Gasteiger partial charge in [0.05, 0.1) is 16.9 Å². The van der Waals surface area contributed by atoms with Crippen LogP contribution in [0.15, 0.2) is 24.3 Å². The first-order valence-corrected chi connectivity index (χ1v) is 7.46. The van der Waals surface area contributed by atoms with E-state index in [1.54, 1.807) is 12.1 Å². The molecule has 8 N–H and O–H groups in total. The topological polar surface area (TPSA) is 158 Å². The molecule has 0 aliphatic rings. The van der Waals surface area contributed by atoms with Crippen molar-refractivity contribution in [1.29, 1.82) is 0 Å². The molecular formula is C15H22N8O. The van der Waals surface area contributed by atoms with Crippen LogP contribution in [0.5, 0.6) is 0 Å². The number of hydrogen-bond acceptors (Lipinski definition) is 8. The lowest BCUT2D eigenvalue weighted by atomic mass is 10.0. The van der Waals surface area contributed by atoms with Crippen LogP contribution in [0.4, 0.5) is 17.3 Å². The summed E-state index contributed by atoms with van der Waals surface area (Å²) in [5.41, 5.74) is 17.4. The molecule has 0 unspecified atom stereocenters. The Morgan fingerprint density at radius 2 is 2.00 bits per heavy atom. The zero-order chi connectivity index (χ0) is 17.7. The van der Waals surface area contributed by atoms with Crippen molar-refractivity contribution in [2.45, 2.75) is 19.4 Å². The predicted molar refractivity (Wildman–Crippen MR) is 92.8 cm³/mol. The van der Waals surface area contributed by atoms with E-state index in [9.17, 15) is 4.79 Å². The van der Waals surface area contributed by atoms with Gasteiger partial charge in [0.15, 0.2) is 11.5 Å². The van der Waals surface area contributed by atoms with Crippen molar-refractivity contribution in [3.8, 4) is 0 Å². The van der Waals surface area contributed by atoms with E-state index in [-0.39, 0.29) is 5.69 Å². The third-order valence-electron chi connectivity index (χ3n) is 3.15. The minimum Gasteiger partial charge on any atom is -0.367 e. The lowest BCUT2D eigenvalue weighted by Gasteiger charge is -2.19. The number of aromatic nitrogens is 3. The predicted octanol–water partition coefficient (Wildman–Crippen LogP) is 0.279. The molecule has 9 nitrogen and oxygen atoms in total. The summed E-state index contributed by atoms with van der Waals surface area (Å²) >= 11 is 0. The van der Waals surface area contributed by atoms with Crippen LogP contribution in [0.3, 0.4) is 0 Å². The van der Waals surface area contributed by atoms with Crippen LogP contribution in [0.25, 0.3) is 0 Å². The second-order valence-electron chi connectivity index (χ2n) is 5.83. The van der Waals surface area contributed by atoms with Gasteiger partial charge >= 0.3 is 0 Å². The highest BCUT2D eigenvalue weighted by Crippen LogP contribution is 2.22. The van der Waals surface area contributed by atoms with Crippen molar-refractivity contribution in [2.75, 3.05) is 23.7 Å². The maximum absolute atomic E-state index is 11.6. The van der Waals surface area contributed by atoms with Gasteiger partial charge in [-0.05, 0) is 26.0 Å². The molecule has 0 bridgehead atoms. The Bertz CT molecular complexity index is 726. The summed E-state index contributed by atoms with van der Waals surface area (Å²) in [5, 5.41) is 13.8. The molecule has 0 aliphatic heterocycles. The summed E-state index contributed by atoms with van der Waals surface area (Å²) in [6.45, 7) is 4.68. The SMILES string of the molecule is CC(C)(N)c1cccc(Nc2cc(NCCN)nnc2C(N)=O)n1. The number of carbonyl (C=O) groups is 1. The lowest BCUT2D eigenvalue weighted by molar-refractivity contribution is 0.0995. The van der Waals surface area contributed by atoms with Gasteiger partial charge in [0.1, 0.15) is 5.82 Å². The van der Waals surface area contributed by atoms with E-state index in [0.717, 1.165) is 0 Å². The molecule has 0 aliphatic carbocycles. The van der Waals surface area contributed by atoms with Gasteiger partial charge in [-0.25, -0.2) is 4.98 Å². The molecule has 0 aromatic carbocycles. The molecule has 128 valence electrons. The number of carbonyl (C=O) groups excluding carboxylic acids is 1. The van der Waals surface area contributed by atoms with Gasteiger partial charge in [0.25, 0.3) is 5.91 Å². The monoisotopic (exact) mass is 330 g/mol. The quantitative estimate of drug-likeness (QED) is 0.484. The van der Waals surface area contributed by atoms with Crippen LogP contribution < -0.4 is 27.8 Å². The number of nitrogens with zero attached hydrogens (tertiary/aromatic N) is 3. The fourth-order valence-corrected chi connectivity index (χ4v) is 1.96. The average molecular weight is 330 g/mol. The Hall–Kier alpha value is -2.78. The summed E-state index contributed by atoms with van der Waals surface area (Å²) in [6.07, 6.45) is 0. The van der Waals surface area contributed by atoms with Crippen molar-refractivity contribution < 1.29 is 4.79 Å². The maximum atomic E-state index is 11.6. The van der Waals surface area contributed by atoms with Crippen molar-refractivity contribution >= 4 is 23.2 Å². The first-order valence-electron chi connectivity index (χ1n) is 7.46. The Morgan fingerprint density at radius 3 is 2.62 bits per heavy atom. The van der Waals surface area contributed by atoms with E-state index < -0.39 is 11.4 Å². The third kappa shape index (κ3) is 4.37. The van der Waals surface area contributed by atoms with Gasteiger partial charge in [-0.2, -0.15) is 0 Å². The molecule has 2 aromatic rings. The normalized spacial score (nSPS) is 11.2. The van der Waals surface area contributed by atoms with Crippen LogP contribution in [0.1, 0.15) is 30.0 Å². The molecule has 2 aromatic heterocycles. The Balaban J connectivity index is 2.35. The third-order valence-corrected chi connectivity index (χ3v) is 3.15. The Labute approximate surface area is 140 Å². The molecule has 0 radical (unpaired) electrons. The number of rotatable bonds is 7. The minimum atomic E-state index is -0.689. The van der Waals surface area contributed by atoms with Crippen LogP contribution in [-0.2, 0) is 5.54 Å². The van der Waals surface area contributed by atoms with Crippen LogP contribution in [0, 0.1) is 0 Å². The van der Waals surface area contributed by atoms with Crippen molar-refractivity contribution in [2.24, 2.45) is 17.2 Å². The number of hydrogen-bond donors (Lipinski definition) is 5. The summed E-state index contributed by atoms with van der Waals surface area (Å²) in [7, 11) is 0. The van der Waals surface area contributed by atoms with E-state index in [1.807, 2.05) is 26.0 Å². The number of amides is 1. The molecule has 0 saturated carbocycles. The minimum absolute atomic E-state index is 0.0208. The van der Waals surface area contributed by atoms with E-state index in [4.69, 9.17) is 17.2 Å². The first-order chi connectivity index (χ1) is 11.3. The Morgan fingerprint density at radius 1 is 1.25 bits per heavy atom. The molecule has 0 atom stereocenters. The summed E-state index contributed by atoms with van der Waals surface area (Å²) in [6, 6.07) is 7.04. The fraction of sp³-hybridized carbons (Fsp3) is 0.333. The zero-order valence-corrected chi connectivity index (χ0v) is 13.7. The second-order valence-corrected chi connectivity index (χ2v) is 5.83. The summed E-state index contributed by atoms with van der Waals surface area (Å²) < 4.78 is 0. The molecule has 24 heavy (non-hydrogen) atoms. The van der Waals surface area contributed by atoms with E-state index >= 15 is 0 Å². The number of pyridine rings is 1. The second kappa shape index (κ2) is 7.20. The largest absolute Gasteiger partial charge is 0.367 e. The number of primary amides is 1. The van der Waals surface area contributed by atoms with Gasteiger partial charge in [-0.1, -0.05) is 6.07 Å².